The molecule has 0 aromatic heterocycles. The molecule has 1 N–H and O–H groups in total. The highest BCUT2D eigenvalue weighted by atomic mass is 16.4. The molecule has 1 saturated heterocycles. The van der Waals surface area contributed by atoms with Gasteiger partial charge in [-0.05, 0) is 38.8 Å². The number of likely N-dealkylation sites (tertiary alicyclic amines) is 1. The molecule has 1 rings (SSSR count). The van der Waals surface area contributed by atoms with Gasteiger partial charge < -0.3 is 10.0 Å². The number of carbonyl (C=O) groups is 2. The maximum atomic E-state index is 11.6. The summed E-state index contributed by atoms with van der Waals surface area (Å²) >= 11 is 0. The predicted molar refractivity (Wildman–Crippen MR) is 74.0 cm³/mol. The number of carbonyl (C=O) groups excluding carboxylic acids is 1. The van der Waals surface area contributed by atoms with Crippen molar-refractivity contribution in [1.29, 1.82) is 0 Å². The van der Waals surface area contributed by atoms with Gasteiger partial charge in [-0.2, -0.15) is 0 Å². The van der Waals surface area contributed by atoms with Crippen LogP contribution in [0.5, 0.6) is 0 Å². The Labute approximate surface area is 115 Å². The first-order valence-electron chi connectivity index (χ1n) is 7.12. The molecule has 1 atom stereocenters. The van der Waals surface area contributed by atoms with Crippen LogP contribution in [0, 0.1) is 0 Å². The van der Waals surface area contributed by atoms with Crippen LogP contribution in [0.3, 0.4) is 0 Å². The summed E-state index contributed by atoms with van der Waals surface area (Å²) < 4.78 is 0. The fourth-order valence-electron chi connectivity index (χ4n) is 2.95. The summed E-state index contributed by atoms with van der Waals surface area (Å²) in [7, 11) is 3.49. The molecule has 0 bridgehead atoms. The van der Waals surface area contributed by atoms with Gasteiger partial charge in [0.05, 0.1) is 0 Å². The van der Waals surface area contributed by atoms with Crippen LogP contribution >= 0.6 is 0 Å². The molecule has 1 aliphatic rings. The van der Waals surface area contributed by atoms with Crippen LogP contribution < -0.4 is 0 Å². The predicted octanol–water partition coefficient (Wildman–Crippen LogP) is 1.57. The summed E-state index contributed by atoms with van der Waals surface area (Å²) in [5.41, 5.74) is -0.685. The molecule has 0 aliphatic carbocycles. The van der Waals surface area contributed by atoms with E-state index in [0.29, 0.717) is 19.4 Å². The summed E-state index contributed by atoms with van der Waals surface area (Å²) in [4.78, 5) is 26.8. The van der Waals surface area contributed by atoms with E-state index in [1.807, 2.05) is 6.92 Å². The molecule has 5 heteroatoms. The van der Waals surface area contributed by atoms with Gasteiger partial charge in [-0.1, -0.05) is 13.3 Å². The van der Waals surface area contributed by atoms with Gasteiger partial charge in [0.25, 0.3) is 0 Å². The monoisotopic (exact) mass is 270 g/mol. The Kier molecular flexibility index (Phi) is 5.79. The third-order valence-corrected chi connectivity index (χ3v) is 4.00. The first kappa shape index (κ1) is 16.0. The molecule has 1 aliphatic heterocycles. The van der Waals surface area contributed by atoms with Crippen molar-refractivity contribution in [1.82, 2.24) is 9.80 Å². The molecule has 0 aromatic carbocycles. The molecular weight excluding hydrogens is 244 g/mol. The summed E-state index contributed by atoms with van der Waals surface area (Å²) in [6, 6.07) is 0. The SMILES string of the molecule is CCCC1(C(=O)O)CCCN1CCCC(=O)N(C)C. The van der Waals surface area contributed by atoms with E-state index in [9.17, 15) is 14.7 Å². The highest BCUT2D eigenvalue weighted by molar-refractivity contribution is 5.79. The topological polar surface area (TPSA) is 60.9 Å². The molecule has 0 saturated carbocycles. The van der Waals surface area contributed by atoms with Gasteiger partial charge in [-0.15, -0.1) is 0 Å². The first-order chi connectivity index (χ1) is 8.94. The van der Waals surface area contributed by atoms with Crippen molar-refractivity contribution in [2.75, 3.05) is 27.2 Å². The molecule has 0 radical (unpaired) electrons. The summed E-state index contributed by atoms with van der Waals surface area (Å²) in [5.74, 6) is -0.596. The molecule has 110 valence electrons. The van der Waals surface area contributed by atoms with Gasteiger partial charge in [0.15, 0.2) is 0 Å². The van der Waals surface area contributed by atoms with Crippen molar-refractivity contribution in [2.24, 2.45) is 0 Å². The van der Waals surface area contributed by atoms with Crippen LogP contribution in [-0.2, 0) is 9.59 Å². The third-order valence-electron chi connectivity index (χ3n) is 4.00. The minimum absolute atomic E-state index is 0.107. The minimum atomic E-state index is -0.703. The van der Waals surface area contributed by atoms with Gasteiger partial charge in [0, 0.05) is 20.5 Å². The van der Waals surface area contributed by atoms with E-state index in [4.69, 9.17) is 0 Å². The summed E-state index contributed by atoms with van der Waals surface area (Å²) in [5, 5.41) is 9.55. The Morgan fingerprint density at radius 1 is 1.37 bits per heavy atom. The van der Waals surface area contributed by atoms with Gasteiger partial charge >= 0.3 is 5.97 Å². The van der Waals surface area contributed by atoms with E-state index in [2.05, 4.69) is 4.90 Å². The van der Waals surface area contributed by atoms with Gasteiger partial charge in [-0.25, -0.2) is 0 Å². The average Bonchev–Trinajstić information content (AvgIpc) is 2.74. The average molecular weight is 270 g/mol. The molecule has 0 spiro atoms. The molecule has 1 fully saturated rings. The minimum Gasteiger partial charge on any atom is -0.480 e. The molecule has 1 heterocycles. The largest absolute Gasteiger partial charge is 0.480 e. The van der Waals surface area contributed by atoms with E-state index in [0.717, 1.165) is 32.2 Å². The van der Waals surface area contributed by atoms with Crippen molar-refractivity contribution in [3.8, 4) is 0 Å². The fraction of sp³-hybridized carbons (Fsp3) is 0.857. The number of aliphatic carboxylic acids is 1. The number of nitrogens with zero attached hydrogens (tertiary/aromatic N) is 2. The lowest BCUT2D eigenvalue weighted by molar-refractivity contribution is -0.150. The van der Waals surface area contributed by atoms with E-state index in [1.54, 1.807) is 19.0 Å². The van der Waals surface area contributed by atoms with Gasteiger partial charge in [0.2, 0.25) is 5.91 Å². The van der Waals surface area contributed by atoms with E-state index in [1.165, 1.54) is 0 Å². The summed E-state index contributed by atoms with van der Waals surface area (Å²) in [6.07, 6.45) is 4.47. The van der Waals surface area contributed by atoms with Crippen LogP contribution in [0.15, 0.2) is 0 Å². The standard InChI is InChI=1S/C14H26N2O3/c1-4-8-14(13(18)19)9-6-11-16(14)10-5-7-12(17)15(2)3/h4-11H2,1-3H3,(H,18,19). The fourth-order valence-corrected chi connectivity index (χ4v) is 2.95. The molecule has 0 aromatic rings. The second-order valence-corrected chi connectivity index (χ2v) is 5.57. The number of hydrogen-bond donors (Lipinski definition) is 1. The Morgan fingerprint density at radius 2 is 2.05 bits per heavy atom. The maximum Gasteiger partial charge on any atom is 0.324 e. The number of carboxylic acid groups (broad SMARTS) is 1. The Morgan fingerprint density at radius 3 is 2.58 bits per heavy atom. The zero-order valence-electron chi connectivity index (χ0n) is 12.3. The van der Waals surface area contributed by atoms with Crippen LogP contribution in [0.2, 0.25) is 0 Å². The van der Waals surface area contributed by atoms with Crippen molar-refractivity contribution < 1.29 is 14.7 Å². The normalized spacial score (nSPS) is 23.5. The molecule has 1 unspecified atom stereocenters. The zero-order valence-corrected chi connectivity index (χ0v) is 12.3. The highest BCUT2D eigenvalue weighted by Crippen LogP contribution is 2.34. The number of carboxylic acids is 1. The number of amides is 1. The Bertz CT molecular complexity index is 331. The molecule has 19 heavy (non-hydrogen) atoms. The van der Waals surface area contributed by atoms with Crippen molar-refractivity contribution in [2.45, 2.75) is 51.0 Å². The van der Waals surface area contributed by atoms with Crippen molar-refractivity contribution in [3.05, 3.63) is 0 Å². The zero-order chi connectivity index (χ0) is 14.5. The third kappa shape index (κ3) is 3.69. The molecule has 1 amide bonds. The van der Waals surface area contributed by atoms with Crippen molar-refractivity contribution >= 4 is 11.9 Å². The lowest BCUT2D eigenvalue weighted by atomic mass is 9.90. The quantitative estimate of drug-likeness (QED) is 0.763. The van der Waals surface area contributed by atoms with Crippen LogP contribution in [0.4, 0.5) is 0 Å². The van der Waals surface area contributed by atoms with E-state index < -0.39 is 11.5 Å². The lowest BCUT2D eigenvalue weighted by Crippen LogP contribution is -2.50. The number of hydrogen-bond acceptors (Lipinski definition) is 3. The smallest absolute Gasteiger partial charge is 0.324 e. The van der Waals surface area contributed by atoms with E-state index >= 15 is 0 Å². The highest BCUT2D eigenvalue weighted by Gasteiger charge is 2.46. The van der Waals surface area contributed by atoms with Crippen molar-refractivity contribution in [3.63, 3.8) is 0 Å². The van der Waals surface area contributed by atoms with E-state index in [-0.39, 0.29) is 5.91 Å². The first-order valence-corrected chi connectivity index (χ1v) is 7.12. The second-order valence-electron chi connectivity index (χ2n) is 5.57. The van der Waals surface area contributed by atoms with Gasteiger partial charge in [0.1, 0.15) is 5.54 Å². The van der Waals surface area contributed by atoms with Crippen LogP contribution in [0.1, 0.15) is 45.4 Å². The molecular formula is C14H26N2O3. The van der Waals surface area contributed by atoms with Crippen LogP contribution in [-0.4, -0.2) is 59.5 Å². The molecule has 5 nitrogen and oxygen atoms in total. The second kappa shape index (κ2) is 6.89. The Hall–Kier alpha value is -1.10. The Balaban J connectivity index is 2.56. The lowest BCUT2D eigenvalue weighted by Gasteiger charge is -2.34. The van der Waals surface area contributed by atoms with Crippen LogP contribution in [0.25, 0.3) is 0 Å². The summed E-state index contributed by atoms with van der Waals surface area (Å²) in [6.45, 7) is 3.56. The van der Waals surface area contributed by atoms with Gasteiger partial charge in [-0.3, -0.25) is 14.5 Å². The maximum absolute atomic E-state index is 11.6. The number of rotatable bonds is 7.